The molecule has 0 bridgehead atoms. The van der Waals surface area contributed by atoms with Crippen molar-refractivity contribution < 1.29 is 164 Å². The topological polar surface area (TPSA) is 206 Å². The molecule has 16 heavy (non-hydrogen) atoms. The Morgan fingerprint density at radius 3 is 0.625 bits per heavy atom. The quantitative estimate of drug-likeness (QED) is 0.237. The average Bonchev–Trinajstić information content (AvgIpc) is 1.81. The van der Waals surface area contributed by atoms with Gasteiger partial charge in [-0.15, -0.1) is 0 Å². The van der Waals surface area contributed by atoms with Crippen LogP contribution in [-0.2, 0) is 72.7 Å². The minimum absolute atomic E-state index is 0. The zero-order valence-corrected chi connectivity index (χ0v) is 18.8. The number of hydrogen-bond donors (Lipinski definition) is 0. The van der Waals surface area contributed by atoms with Crippen molar-refractivity contribution in [1.29, 1.82) is 0 Å². The molecule has 0 atom stereocenters. The molecule has 0 unspecified atom stereocenters. The summed E-state index contributed by atoms with van der Waals surface area (Å²) in [6.07, 6.45) is 0. The van der Waals surface area contributed by atoms with E-state index in [-0.39, 0.29) is 51.4 Å². The summed E-state index contributed by atoms with van der Waals surface area (Å²) >= 11 is -14.3. The van der Waals surface area contributed by atoms with Crippen molar-refractivity contribution >= 4 is 0 Å². The van der Waals surface area contributed by atoms with E-state index in [9.17, 15) is 0 Å². The molecule has 0 fully saturated rings. The summed E-state index contributed by atoms with van der Waals surface area (Å²) in [5, 5.41) is 0. The van der Waals surface area contributed by atoms with E-state index in [0.29, 0.717) is 0 Å². The third-order valence-corrected chi connectivity index (χ3v) is 0. The van der Waals surface area contributed by atoms with Crippen molar-refractivity contribution in [3.8, 4) is 0 Å². The van der Waals surface area contributed by atoms with Gasteiger partial charge >= 0.3 is 164 Å². The van der Waals surface area contributed by atoms with Crippen LogP contribution in [0.3, 0.4) is 0 Å². The van der Waals surface area contributed by atoms with E-state index in [0.717, 1.165) is 0 Å². The second-order valence-electron chi connectivity index (χ2n) is 0.754. The van der Waals surface area contributed by atoms with Gasteiger partial charge < -0.3 is 0 Å². The summed E-state index contributed by atoms with van der Waals surface area (Å²) in [5.41, 5.74) is 0. The van der Waals surface area contributed by atoms with Crippen molar-refractivity contribution in [1.82, 2.24) is 0 Å². The molecule has 0 aliphatic carbocycles. The Hall–Kier alpha value is 2.72. The predicted octanol–water partition coefficient (Wildman–Crippen LogP) is -7.52. The fourth-order valence-electron chi connectivity index (χ4n) is 0. The SMILES string of the molecule is [K+].[O]=[U+2]=[O].[O]=[V](=[O])[O-].[O]=[V](=[O])[O-].[O]=[V](=[O])[O-]. The molecule has 86 valence electrons. The van der Waals surface area contributed by atoms with E-state index in [1.54, 1.807) is 0 Å². The van der Waals surface area contributed by atoms with Gasteiger partial charge in [0.25, 0.3) is 0 Å². The molecule has 0 saturated heterocycles. The van der Waals surface area contributed by atoms with Crippen molar-refractivity contribution in [3.05, 3.63) is 0 Å². The molecule has 0 N–H and O–H groups in total. The van der Waals surface area contributed by atoms with Crippen molar-refractivity contribution in [2.24, 2.45) is 0 Å². The van der Waals surface area contributed by atoms with E-state index in [1.165, 1.54) is 0 Å². The maximum absolute atomic E-state index is 8.58. The number of hydrogen-bond acceptors (Lipinski definition) is 11. The fourth-order valence-corrected chi connectivity index (χ4v) is 0. The maximum atomic E-state index is 8.58. The second-order valence-corrected chi connectivity index (χ2v) is 3.54. The van der Waals surface area contributed by atoms with Crippen molar-refractivity contribution in [3.63, 3.8) is 0 Å². The first-order chi connectivity index (χ1) is 6.61. The van der Waals surface area contributed by atoms with Gasteiger partial charge in [0.1, 0.15) is 0 Å². The second kappa shape index (κ2) is 30.6. The molecule has 0 radical (unpaired) electrons. The summed E-state index contributed by atoms with van der Waals surface area (Å²) in [6, 6.07) is 0. The zero-order chi connectivity index (χ0) is 13.4. The molecule has 0 aromatic heterocycles. The molecule has 0 aliphatic rings. The Morgan fingerprint density at radius 2 is 0.625 bits per heavy atom. The third-order valence-electron chi connectivity index (χ3n) is 0. The van der Waals surface area contributed by atoms with Gasteiger partial charge in [-0.05, 0) is 0 Å². The molecule has 0 aliphatic heterocycles. The zero-order valence-electron chi connectivity index (χ0n) is 7.33. The van der Waals surface area contributed by atoms with Crippen LogP contribution in [0.4, 0.5) is 0 Å². The summed E-state index contributed by atoms with van der Waals surface area (Å²) in [4.78, 5) is 0. The van der Waals surface area contributed by atoms with Crippen LogP contribution in [0.5, 0.6) is 0 Å². The molecule has 0 saturated carbocycles. The van der Waals surface area contributed by atoms with Gasteiger partial charge in [-0.25, -0.2) is 0 Å². The van der Waals surface area contributed by atoms with Crippen LogP contribution >= 0.6 is 0 Å². The van der Waals surface area contributed by atoms with Gasteiger partial charge in [-0.2, -0.15) is 0 Å². The minimum atomic E-state index is -3.94. The summed E-state index contributed by atoms with van der Waals surface area (Å²) in [7, 11) is 0. The van der Waals surface area contributed by atoms with E-state index < -0.39 is 74.0 Å². The molecule has 0 spiro atoms. The van der Waals surface area contributed by atoms with Gasteiger partial charge in [0, 0.05) is 0 Å². The first-order valence-electron chi connectivity index (χ1n) is 2.05. The first-order valence-corrected chi connectivity index (χ1v) is 10.6. The molecular weight excluding hydrogens is 606 g/mol. The third kappa shape index (κ3) is 558. The van der Waals surface area contributed by atoms with Crippen LogP contribution in [-0.4, -0.2) is 0 Å². The number of rotatable bonds is 0. The van der Waals surface area contributed by atoms with Gasteiger partial charge in [0.05, 0.1) is 0 Å². The monoisotopic (exact) mass is 606 g/mol. The average molecular weight is 606 g/mol. The van der Waals surface area contributed by atoms with Crippen LogP contribution in [0.2, 0.25) is 0 Å². The normalized spacial score (nSPS) is 5.19. The standard InChI is InChI=1S/K.11O.U.3V/q+1;;;;;;;;;3*-1;+2;;;. The predicted molar refractivity (Wildman–Crippen MR) is 5.49 cm³/mol. The van der Waals surface area contributed by atoms with Gasteiger partial charge in [0.2, 0.25) is 0 Å². The summed E-state index contributed by atoms with van der Waals surface area (Å²) in [5.74, 6) is 0. The van der Waals surface area contributed by atoms with E-state index in [1.807, 2.05) is 0 Å². The summed E-state index contributed by atoms with van der Waals surface area (Å²) in [6.45, 7) is 0. The Kier molecular flexibility index (Phi) is 59.8. The Bertz CT molecular complexity index is 282. The Labute approximate surface area is 160 Å². The Balaban J connectivity index is -0.0000000331. The Morgan fingerprint density at radius 1 is 0.625 bits per heavy atom. The molecular formula is KO11UV3. The van der Waals surface area contributed by atoms with Crippen molar-refractivity contribution in [2.75, 3.05) is 0 Å². The van der Waals surface area contributed by atoms with Crippen LogP contribution in [0.1, 0.15) is 0 Å². The van der Waals surface area contributed by atoms with Crippen LogP contribution in [0.15, 0.2) is 0 Å². The molecule has 11 nitrogen and oxygen atoms in total. The van der Waals surface area contributed by atoms with E-state index in [4.69, 9.17) is 38.6 Å². The van der Waals surface area contributed by atoms with Crippen LogP contribution in [0.25, 0.3) is 0 Å². The molecule has 0 aromatic rings. The van der Waals surface area contributed by atoms with Gasteiger partial charge in [-0.1, -0.05) is 0 Å². The van der Waals surface area contributed by atoms with E-state index in [2.05, 4.69) is 0 Å². The molecule has 16 heteroatoms. The molecule has 0 aromatic carbocycles. The fraction of sp³-hybridized carbons (Fsp3) is 0. The van der Waals surface area contributed by atoms with Gasteiger partial charge in [0.15, 0.2) is 0 Å². The molecule has 0 amide bonds. The molecule has 0 heterocycles. The summed E-state index contributed by atoms with van der Waals surface area (Å²) < 4.78 is 94.2. The van der Waals surface area contributed by atoms with Gasteiger partial charge in [-0.3, -0.25) is 0 Å². The van der Waals surface area contributed by atoms with Crippen LogP contribution in [0, 0.1) is 27.8 Å². The molecule has 0 rings (SSSR count). The van der Waals surface area contributed by atoms with Crippen LogP contribution < -0.4 is 63.5 Å². The first kappa shape index (κ1) is 31.2. The van der Waals surface area contributed by atoms with E-state index >= 15 is 0 Å². The van der Waals surface area contributed by atoms with Crippen molar-refractivity contribution in [2.45, 2.75) is 0 Å².